The lowest BCUT2D eigenvalue weighted by molar-refractivity contribution is 0.00632. The van der Waals surface area contributed by atoms with Crippen molar-refractivity contribution in [2.75, 3.05) is 12.9 Å². The molecule has 28 heavy (non-hydrogen) atoms. The predicted molar refractivity (Wildman–Crippen MR) is 118 cm³/mol. The van der Waals surface area contributed by atoms with Gasteiger partial charge in [-0.2, -0.15) is 0 Å². The molecule has 1 saturated heterocycles. The molecule has 0 spiro atoms. The van der Waals surface area contributed by atoms with Crippen LogP contribution < -0.4 is 0 Å². The molecule has 5 rings (SSSR count). The maximum atomic E-state index is 11.2. The number of rotatable bonds is 4. The van der Waals surface area contributed by atoms with E-state index in [1.165, 1.54) is 0 Å². The second-order valence-corrected chi connectivity index (χ2v) is 11.4. The molecular weight excluding hydrogens is 440 g/mol. The monoisotopic (exact) mass is 460 g/mol. The van der Waals surface area contributed by atoms with Crippen molar-refractivity contribution in [2.24, 2.45) is 4.58 Å². The summed E-state index contributed by atoms with van der Waals surface area (Å²) >= 11 is 3.60. The topological polar surface area (TPSA) is 69.4 Å². The van der Waals surface area contributed by atoms with Crippen molar-refractivity contribution >= 4 is 48.1 Å². The van der Waals surface area contributed by atoms with Gasteiger partial charge >= 0.3 is 0 Å². The summed E-state index contributed by atoms with van der Waals surface area (Å²) in [5, 5.41) is 3.11. The smallest absolute Gasteiger partial charge is 0.115 e. The molecule has 146 valence electrons. The predicted octanol–water partition coefficient (Wildman–Crippen LogP) is 5.60. The maximum absolute atomic E-state index is 11.2. The fourth-order valence-electron chi connectivity index (χ4n) is 4.17. The molecule has 3 atom stereocenters. The summed E-state index contributed by atoms with van der Waals surface area (Å²) in [6.45, 7) is 2.88. The molecule has 0 saturated carbocycles. The van der Waals surface area contributed by atoms with Gasteiger partial charge in [-0.15, -0.1) is 4.91 Å². The zero-order chi connectivity index (χ0) is 19.5. The van der Waals surface area contributed by atoms with Crippen molar-refractivity contribution in [3.63, 3.8) is 0 Å². The van der Waals surface area contributed by atoms with Gasteiger partial charge in [0.2, 0.25) is 0 Å². The number of nitrogens with zero attached hydrogens (tertiary/aromatic N) is 4. The molecule has 2 aromatic heterocycles. The number of ether oxygens (including phenoxy) is 1. The van der Waals surface area contributed by atoms with Crippen LogP contribution in [0.4, 0.5) is 0 Å². The number of allylic oxidation sites excluding steroid dienone is 1. The molecule has 1 aromatic carbocycles. The Hall–Kier alpha value is -1.77. The van der Waals surface area contributed by atoms with Crippen molar-refractivity contribution in [2.45, 2.75) is 38.3 Å². The van der Waals surface area contributed by atoms with Gasteiger partial charge in [-0.05, 0) is 54.2 Å². The maximum Gasteiger partial charge on any atom is 0.115 e. The molecule has 4 heterocycles. The Kier molecular flexibility index (Phi) is 4.33. The van der Waals surface area contributed by atoms with E-state index in [9.17, 15) is 4.91 Å². The third kappa shape index (κ3) is 2.98. The van der Waals surface area contributed by atoms with E-state index in [0.29, 0.717) is 12.5 Å². The average Bonchev–Trinajstić information content (AvgIpc) is 3.17. The fraction of sp³-hybridized carbons (Fsp3) is 0.400. The standard InChI is InChI=1S/C20H21BrN4O2S/c1-12-7-14(5-6-27-12)25-19(9-15-11-28(15,2)24-26)23-18-10-22-17-4-3-13(21)8-16(17)20(18)25/h3-4,8,10-12,14H,5-7,9H2,1-2H3. The Morgan fingerprint density at radius 1 is 1.39 bits per heavy atom. The summed E-state index contributed by atoms with van der Waals surface area (Å²) in [6.07, 6.45) is 6.60. The minimum absolute atomic E-state index is 0.219. The SMILES string of the molecule is CC1CC(n2c(CC3=CS3(C)N=O)nc3cnc4ccc(Br)cc4c32)CCO1. The van der Waals surface area contributed by atoms with Gasteiger partial charge in [0.1, 0.15) is 11.3 Å². The van der Waals surface area contributed by atoms with Gasteiger partial charge in [0.25, 0.3) is 0 Å². The molecule has 3 aromatic rings. The summed E-state index contributed by atoms with van der Waals surface area (Å²) in [5.41, 5.74) is 2.98. The average molecular weight is 461 g/mol. The highest BCUT2D eigenvalue weighted by Gasteiger charge is 2.37. The van der Waals surface area contributed by atoms with Crippen molar-refractivity contribution < 1.29 is 4.74 Å². The summed E-state index contributed by atoms with van der Waals surface area (Å²) < 4.78 is 12.5. The molecule has 2 aliphatic heterocycles. The minimum Gasteiger partial charge on any atom is -0.378 e. The van der Waals surface area contributed by atoms with Gasteiger partial charge in [-0.1, -0.05) is 26.1 Å². The molecule has 8 heteroatoms. The van der Waals surface area contributed by atoms with Gasteiger partial charge < -0.3 is 9.30 Å². The molecule has 2 aliphatic rings. The van der Waals surface area contributed by atoms with E-state index < -0.39 is 10.2 Å². The molecule has 0 amide bonds. The number of hydrogen-bond donors (Lipinski definition) is 0. The molecular formula is C20H21BrN4O2S. The van der Waals surface area contributed by atoms with E-state index in [2.05, 4.69) is 43.1 Å². The third-order valence-corrected chi connectivity index (χ3v) is 8.31. The highest BCUT2D eigenvalue weighted by atomic mass is 79.9. The van der Waals surface area contributed by atoms with Gasteiger partial charge in [-0.3, -0.25) is 4.98 Å². The van der Waals surface area contributed by atoms with Crippen LogP contribution in [0.2, 0.25) is 0 Å². The van der Waals surface area contributed by atoms with Crippen LogP contribution in [-0.2, 0) is 11.2 Å². The summed E-state index contributed by atoms with van der Waals surface area (Å²) in [5.74, 6) is 0.995. The summed E-state index contributed by atoms with van der Waals surface area (Å²) in [7, 11) is -1.54. The zero-order valence-electron chi connectivity index (χ0n) is 15.8. The van der Waals surface area contributed by atoms with E-state index in [1.54, 1.807) is 0 Å². The number of benzene rings is 1. The molecule has 0 radical (unpaired) electrons. The van der Waals surface area contributed by atoms with E-state index in [1.807, 2.05) is 30.0 Å². The number of aromatic nitrogens is 3. The van der Waals surface area contributed by atoms with Crippen LogP contribution in [-0.4, -0.2) is 33.5 Å². The third-order valence-electron chi connectivity index (χ3n) is 5.70. The van der Waals surface area contributed by atoms with Crippen LogP contribution in [0.3, 0.4) is 0 Å². The van der Waals surface area contributed by atoms with Gasteiger partial charge in [0.15, 0.2) is 0 Å². The molecule has 0 bridgehead atoms. The lowest BCUT2D eigenvalue weighted by Gasteiger charge is -2.30. The Bertz CT molecular complexity index is 1140. The summed E-state index contributed by atoms with van der Waals surface area (Å²) in [6, 6.07) is 6.48. The lowest BCUT2D eigenvalue weighted by atomic mass is 10.0. The van der Waals surface area contributed by atoms with Crippen LogP contribution in [0, 0.1) is 4.91 Å². The van der Waals surface area contributed by atoms with Gasteiger partial charge in [0.05, 0.1) is 23.3 Å². The Labute approximate surface area is 172 Å². The Morgan fingerprint density at radius 2 is 2.25 bits per heavy atom. The number of halogens is 1. The van der Waals surface area contributed by atoms with E-state index in [0.717, 1.165) is 56.6 Å². The van der Waals surface area contributed by atoms with E-state index >= 15 is 0 Å². The van der Waals surface area contributed by atoms with Crippen LogP contribution in [0.1, 0.15) is 31.6 Å². The number of nitroso groups, excluding NO2 is 1. The van der Waals surface area contributed by atoms with Crippen LogP contribution in [0.15, 0.2) is 43.8 Å². The molecule has 0 aliphatic carbocycles. The van der Waals surface area contributed by atoms with E-state index in [-0.39, 0.29) is 6.10 Å². The van der Waals surface area contributed by atoms with Crippen molar-refractivity contribution in [1.29, 1.82) is 0 Å². The quantitative estimate of drug-likeness (QED) is 0.475. The second kappa shape index (κ2) is 6.64. The molecule has 6 nitrogen and oxygen atoms in total. The van der Waals surface area contributed by atoms with Gasteiger partial charge in [-0.25, -0.2) is 4.98 Å². The van der Waals surface area contributed by atoms with Crippen LogP contribution in [0.25, 0.3) is 21.9 Å². The highest BCUT2D eigenvalue weighted by molar-refractivity contribution is 9.10. The lowest BCUT2D eigenvalue weighted by Crippen LogP contribution is -2.26. The summed E-state index contributed by atoms with van der Waals surface area (Å²) in [4.78, 5) is 21.9. The number of imidazole rings is 1. The molecule has 1 fully saturated rings. The molecule has 0 N–H and O–H groups in total. The Morgan fingerprint density at radius 3 is 3.00 bits per heavy atom. The zero-order valence-corrected chi connectivity index (χ0v) is 18.2. The Balaban J connectivity index is 1.71. The minimum atomic E-state index is -1.54. The second-order valence-electron chi connectivity index (χ2n) is 7.68. The number of pyridine rings is 1. The molecule has 3 unspecified atom stereocenters. The first kappa shape index (κ1) is 18.3. The first-order chi connectivity index (χ1) is 13.5. The number of hydrogen-bond acceptors (Lipinski definition) is 5. The van der Waals surface area contributed by atoms with Gasteiger partial charge in [0, 0.05) is 33.8 Å². The largest absolute Gasteiger partial charge is 0.378 e. The van der Waals surface area contributed by atoms with Crippen molar-refractivity contribution in [1.82, 2.24) is 14.5 Å². The normalized spacial score (nSPS) is 29.5. The highest BCUT2D eigenvalue weighted by Crippen LogP contribution is 2.69. The first-order valence-electron chi connectivity index (χ1n) is 9.39. The van der Waals surface area contributed by atoms with Crippen molar-refractivity contribution in [3.05, 3.63) is 49.9 Å². The fourth-order valence-corrected chi connectivity index (χ4v) is 6.06. The van der Waals surface area contributed by atoms with Crippen LogP contribution >= 0.6 is 26.1 Å². The van der Waals surface area contributed by atoms with Crippen LogP contribution in [0.5, 0.6) is 0 Å². The van der Waals surface area contributed by atoms with Crippen molar-refractivity contribution in [3.8, 4) is 0 Å². The number of fused-ring (bicyclic) bond motifs is 3. The van der Waals surface area contributed by atoms with E-state index in [4.69, 9.17) is 9.72 Å². The first-order valence-corrected chi connectivity index (χ1v) is 12.2.